The highest BCUT2D eigenvalue weighted by molar-refractivity contribution is 14.0. The molecule has 0 aliphatic rings. The van der Waals surface area contributed by atoms with Crippen LogP contribution in [-0.2, 0) is 20.1 Å². The van der Waals surface area contributed by atoms with Crippen LogP contribution in [0.2, 0.25) is 0 Å². The van der Waals surface area contributed by atoms with E-state index < -0.39 is 0 Å². The zero-order valence-corrected chi connectivity index (χ0v) is 21.2. The molecular formula is C24H28IN7O. The second-order valence-corrected chi connectivity index (χ2v) is 7.53. The smallest absolute Gasteiger partial charge is 0.226 e. The third-order valence-corrected chi connectivity index (χ3v) is 5.22. The SMILES string of the molecule is Cc1nnc(CNC(=NCc2coc(-c3ccccc3)n2)NC(C)c2ccccc2)n1C.I. The Bertz CT molecular complexity index is 1170. The first-order chi connectivity index (χ1) is 15.6. The lowest BCUT2D eigenvalue weighted by Gasteiger charge is -2.18. The first kappa shape index (κ1) is 24.4. The van der Waals surface area contributed by atoms with Gasteiger partial charge in [0.05, 0.1) is 19.1 Å². The number of hydrogen-bond donors (Lipinski definition) is 2. The molecule has 4 rings (SSSR count). The fraction of sp³-hybridized carbons (Fsp3) is 0.250. The Morgan fingerprint density at radius 2 is 1.76 bits per heavy atom. The van der Waals surface area contributed by atoms with E-state index in [4.69, 9.17) is 9.41 Å². The summed E-state index contributed by atoms with van der Waals surface area (Å²) in [6.07, 6.45) is 1.65. The van der Waals surface area contributed by atoms with Crippen molar-refractivity contribution >= 4 is 29.9 Å². The van der Waals surface area contributed by atoms with Crippen LogP contribution in [0.5, 0.6) is 0 Å². The van der Waals surface area contributed by atoms with Crippen molar-refractivity contribution in [2.45, 2.75) is 33.0 Å². The lowest BCUT2D eigenvalue weighted by molar-refractivity contribution is 0.572. The van der Waals surface area contributed by atoms with Crippen LogP contribution in [0.25, 0.3) is 11.5 Å². The van der Waals surface area contributed by atoms with Gasteiger partial charge in [0.25, 0.3) is 0 Å². The Balaban J connectivity index is 0.00000306. The summed E-state index contributed by atoms with van der Waals surface area (Å²) in [5, 5.41) is 15.2. The minimum absolute atomic E-state index is 0. The van der Waals surface area contributed by atoms with Crippen LogP contribution < -0.4 is 10.6 Å². The van der Waals surface area contributed by atoms with Crippen molar-refractivity contribution in [2.24, 2.45) is 12.0 Å². The van der Waals surface area contributed by atoms with Gasteiger partial charge in [-0.1, -0.05) is 48.5 Å². The highest BCUT2D eigenvalue weighted by atomic mass is 127. The van der Waals surface area contributed by atoms with Crippen molar-refractivity contribution in [3.63, 3.8) is 0 Å². The van der Waals surface area contributed by atoms with Gasteiger partial charge in [0, 0.05) is 12.6 Å². The molecule has 0 aliphatic heterocycles. The Hall–Kier alpha value is -3.21. The van der Waals surface area contributed by atoms with E-state index in [1.807, 2.05) is 67.1 Å². The molecule has 2 heterocycles. The van der Waals surface area contributed by atoms with Gasteiger partial charge >= 0.3 is 0 Å². The van der Waals surface area contributed by atoms with Gasteiger partial charge in [0.15, 0.2) is 11.8 Å². The second-order valence-electron chi connectivity index (χ2n) is 7.53. The maximum absolute atomic E-state index is 5.64. The lowest BCUT2D eigenvalue weighted by Crippen LogP contribution is -2.39. The van der Waals surface area contributed by atoms with Crippen LogP contribution in [0.4, 0.5) is 0 Å². The largest absolute Gasteiger partial charge is 0.444 e. The monoisotopic (exact) mass is 557 g/mol. The highest BCUT2D eigenvalue weighted by Crippen LogP contribution is 2.18. The Morgan fingerprint density at radius 3 is 2.42 bits per heavy atom. The van der Waals surface area contributed by atoms with E-state index >= 15 is 0 Å². The molecule has 0 spiro atoms. The zero-order valence-electron chi connectivity index (χ0n) is 18.9. The van der Waals surface area contributed by atoms with Gasteiger partial charge in [-0.15, -0.1) is 34.2 Å². The zero-order chi connectivity index (χ0) is 22.3. The average Bonchev–Trinajstić information content (AvgIpc) is 3.44. The second kappa shape index (κ2) is 11.6. The molecule has 33 heavy (non-hydrogen) atoms. The Morgan fingerprint density at radius 1 is 1.06 bits per heavy atom. The highest BCUT2D eigenvalue weighted by Gasteiger charge is 2.11. The van der Waals surface area contributed by atoms with Crippen LogP contribution in [-0.4, -0.2) is 25.7 Å². The molecule has 0 saturated heterocycles. The van der Waals surface area contributed by atoms with E-state index in [0.29, 0.717) is 24.9 Å². The molecule has 2 aromatic carbocycles. The molecule has 8 nitrogen and oxygen atoms in total. The van der Waals surface area contributed by atoms with Gasteiger partial charge in [-0.25, -0.2) is 9.98 Å². The van der Waals surface area contributed by atoms with Gasteiger partial charge in [0.2, 0.25) is 5.89 Å². The number of nitrogens with zero attached hydrogens (tertiary/aromatic N) is 5. The topological polar surface area (TPSA) is 93.2 Å². The summed E-state index contributed by atoms with van der Waals surface area (Å²) in [5.41, 5.74) is 2.87. The molecule has 172 valence electrons. The van der Waals surface area contributed by atoms with Crippen molar-refractivity contribution < 1.29 is 4.42 Å². The molecule has 0 aliphatic carbocycles. The van der Waals surface area contributed by atoms with Crippen molar-refractivity contribution in [3.05, 3.63) is 89.8 Å². The molecule has 0 amide bonds. The third-order valence-electron chi connectivity index (χ3n) is 5.22. The van der Waals surface area contributed by atoms with Crippen LogP contribution in [0.3, 0.4) is 0 Å². The fourth-order valence-electron chi connectivity index (χ4n) is 3.20. The standard InChI is InChI=1S/C24H27N7O.HI/c1-17(19-10-6-4-7-11-19)27-24(26-15-22-30-29-18(2)31(22)3)25-14-21-16-32-23(28-21)20-12-8-5-9-13-20;/h4-13,16-17H,14-15H2,1-3H3,(H2,25,26,27);1H. The molecule has 1 unspecified atom stereocenters. The number of oxazole rings is 1. The number of halogens is 1. The molecule has 9 heteroatoms. The van der Waals surface area contributed by atoms with Crippen LogP contribution in [0.15, 0.2) is 76.3 Å². The summed E-state index contributed by atoms with van der Waals surface area (Å²) < 4.78 is 7.59. The maximum Gasteiger partial charge on any atom is 0.226 e. The summed E-state index contributed by atoms with van der Waals surface area (Å²) in [5.74, 6) is 2.94. The lowest BCUT2D eigenvalue weighted by atomic mass is 10.1. The Kier molecular flexibility index (Phi) is 8.58. The van der Waals surface area contributed by atoms with Crippen LogP contribution in [0.1, 0.15) is 35.9 Å². The van der Waals surface area contributed by atoms with Crippen molar-refractivity contribution in [1.29, 1.82) is 0 Å². The van der Waals surface area contributed by atoms with Crippen molar-refractivity contribution in [3.8, 4) is 11.5 Å². The van der Waals surface area contributed by atoms with Gasteiger partial charge < -0.3 is 19.6 Å². The molecule has 1 atom stereocenters. The number of hydrogen-bond acceptors (Lipinski definition) is 5. The fourth-order valence-corrected chi connectivity index (χ4v) is 3.20. The first-order valence-electron chi connectivity index (χ1n) is 10.5. The maximum atomic E-state index is 5.64. The van der Waals surface area contributed by atoms with Crippen LogP contribution in [0, 0.1) is 6.92 Å². The minimum atomic E-state index is 0. The molecule has 2 aromatic heterocycles. The van der Waals surface area contributed by atoms with Gasteiger partial charge in [-0.2, -0.15) is 0 Å². The van der Waals surface area contributed by atoms with Crippen molar-refractivity contribution in [1.82, 2.24) is 30.4 Å². The molecule has 4 aromatic rings. The van der Waals surface area contributed by atoms with E-state index in [-0.39, 0.29) is 30.0 Å². The van der Waals surface area contributed by atoms with E-state index in [0.717, 1.165) is 22.9 Å². The molecular weight excluding hydrogens is 529 g/mol. The number of aromatic nitrogens is 4. The predicted molar refractivity (Wildman–Crippen MR) is 139 cm³/mol. The third kappa shape index (κ3) is 6.41. The summed E-state index contributed by atoms with van der Waals surface area (Å²) in [7, 11) is 1.95. The normalized spacial score (nSPS) is 12.2. The number of guanidine groups is 1. The number of benzene rings is 2. The summed E-state index contributed by atoms with van der Waals surface area (Å²) in [4.78, 5) is 9.30. The number of aliphatic imine (C=N–C) groups is 1. The van der Waals surface area contributed by atoms with Crippen molar-refractivity contribution in [2.75, 3.05) is 0 Å². The summed E-state index contributed by atoms with van der Waals surface area (Å²) in [6.45, 7) is 4.91. The number of nitrogens with one attached hydrogen (secondary N) is 2. The van der Waals surface area contributed by atoms with E-state index in [1.165, 1.54) is 5.56 Å². The number of aryl methyl sites for hydroxylation is 1. The molecule has 0 fully saturated rings. The molecule has 0 bridgehead atoms. The average molecular weight is 557 g/mol. The minimum Gasteiger partial charge on any atom is -0.444 e. The van der Waals surface area contributed by atoms with Gasteiger partial charge in [0.1, 0.15) is 17.8 Å². The van der Waals surface area contributed by atoms with Gasteiger partial charge in [-0.3, -0.25) is 0 Å². The number of rotatable bonds is 7. The predicted octanol–water partition coefficient (Wildman–Crippen LogP) is 4.39. The Labute approximate surface area is 210 Å². The first-order valence-corrected chi connectivity index (χ1v) is 10.5. The van der Waals surface area contributed by atoms with E-state index in [2.05, 4.69) is 44.9 Å². The van der Waals surface area contributed by atoms with Crippen LogP contribution >= 0.6 is 24.0 Å². The quantitative estimate of drug-likeness (QED) is 0.199. The van der Waals surface area contributed by atoms with Gasteiger partial charge in [-0.05, 0) is 31.5 Å². The van der Waals surface area contributed by atoms with E-state index in [1.54, 1.807) is 6.26 Å². The molecule has 2 N–H and O–H groups in total. The molecule has 0 radical (unpaired) electrons. The summed E-state index contributed by atoms with van der Waals surface area (Å²) >= 11 is 0. The summed E-state index contributed by atoms with van der Waals surface area (Å²) in [6, 6.07) is 20.1. The van der Waals surface area contributed by atoms with E-state index in [9.17, 15) is 0 Å². The molecule has 0 saturated carbocycles.